The van der Waals surface area contributed by atoms with Crippen LogP contribution in [0.15, 0.2) is 24.3 Å². The van der Waals surface area contributed by atoms with Crippen LogP contribution in [0.1, 0.15) is 25.5 Å². The summed E-state index contributed by atoms with van der Waals surface area (Å²) in [6.45, 7) is 11.5. The molecule has 0 aliphatic carbocycles. The van der Waals surface area contributed by atoms with Gasteiger partial charge in [-0.05, 0) is 25.0 Å². The predicted molar refractivity (Wildman–Crippen MR) is 138 cm³/mol. The highest BCUT2D eigenvalue weighted by Crippen LogP contribution is 2.30. The molecule has 10 heteroatoms. The first kappa shape index (κ1) is 23.3. The molecule has 0 spiro atoms. The maximum Gasteiger partial charge on any atom is 0.239 e. The molecule has 0 saturated carbocycles. The van der Waals surface area contributed by atoms with Crippen LogP contribution in [0.5, 0.6) is 0 Å². The Morgan fingerprint density at radius 3 is 2.56 bits per heavy atom. The minimum atomic E-state index is -0.253. The Kier molecular flexibility index (Phi) is 5.89. The Morgan fingerprint density at radius 2 is 1.81 bits per heavy atom. The lowest BCUT2D eigenvalue weighted by Crippen LogP contribution is -2.52. The monoisotopic (exact) mass is 490 g/mol. The topological polar surface area (TPSA) is 97.4 Å². The molecular formula is C26H34N8O2. The van der Waals surface area contributed by atoms with Crippen LogP contribution in [-0.2, 0) is 18.3 Å². The molecule has 2 fully saturated rings. The number of benzene rings is 1. The van der Waals surface area contributed by atoms with E-state index >= 15 is 0 Å². The van der Waals surface area contributed by atoms with Crippen molar-refractivity contribution in [3.63, 3.8) is 0 Å². The molecule has 190 valence electrons. The van der Waals surface area contributed by atoms with Gasteiger partial charge in [-0.15, -0.1) is 0 Å². The lowest BCUT2D eigenvalue weighted by Gasteiger charge is -2.42. The number of aromatic nitrogens is 6. The molecule has 2 saturated heterocycles. The third-order valence-electron chi connectivity index (χ3n) is 7.54. The quantitative estimate of drug-likeness (QED) is 0.440. The standard InChI is InChI=1S/C26H34N8O2/c1-16(2)23(35)18-13-32(14-18)15-21-28-22-24(31(21)4)29-26(30-25(22)33-9-11-36-12-10-33)34-17(3)27-19-7-5-6-8-20(19)34/h5-8,16,18,23,35H,9-15H2,1-4H3. The van der Waals surface area contributed by atoms with Gasteiger partial charge < -0.3 is 19.3 Å². The zero-order valence-corrected chi connectivity index (χ0v) is 21.4. The average molecular weight is 491 g/mol. The van der Waals surface area contributed by atoms with Crippen molar-refractivity contribution in [3.05, 3.63) is 35.9 Å². The molecule has 10 nitrogen and oxygen atoms in total. The van der Waals surface area contributed by atoms with Crippen LogP contribution in [-0.4, -0.2) is 84.6 Å². The Labute approximate surface area is 210 Å². The van der Waals surface area contributed by atoms with E-state index in [0.717, 1.165) is 72.4 Å². The number of hydrogen-bond donors (Lipinski definition) is 1. The van der Waals surface area contributed by atoms with Crippen molar-refractivity contribution < 1.29 is 9.84 Å². The molecule has 0 radical (unpaired) electrons. The molecule has 36 heavy (non-hydrogen) atoms. The minimum absolute atomic E-state index is 0.253. The van der Waals surface area contributed by atoms with Crippen LogP contribution >= 0.6 is 0 Å². The molecule has 1 unspecified atom stereocenters. The summed E-state index contributed by atoms with van der Waals surface area (Å²) in [5.41, 5.74) is 3.54. The fourth-order valence-corrected chi connectivity index (χ4v) is 5.42. The summed E-state index contributed by atoms with van der Waals surface area (Å²) in [6, 6.07) is 8.08. The fraction of sp³-hybridized carbons (Fsp3) is 0.538. The van der Waals surface area contributed by atoms with E-state index in [2.05, 4.69) is 34.3 Å². The SMILES string of the molecule is Cc1nc2ccccc2n1-c1nc(N2CCOCC2)c2nc(CN3CC(C(O)C(C)C)C3)n(C)c2n1. The number of rotatable bonds is 6. The average Bonchev–Trinajstić information content (AvgIpc) is 3.36. The number of imidazole rings is 2. The van der Waals surface area contributed by atoms with Gasteiger partial charge in [-0.25, -0.2) is 9.97 Å². The molecule has 1 atom stereocenters. The number of fused-ring (bicyclic) bond motifs is 2. The van der Waals surface area contributed by atoms with Gasteiger partial charge in [0.1, 0.15) is 11.6 Å². The molecule has 4 aromatic rings. The van der Waals surface area contributed by atoms with Gasteiger partial charge in [0.15, 0.2) is 17.0 Å². The molecule has 0 bridgehead atoms. The van der Waals surface area contributed by atoms with Gasteiger partial charge in [-0.2, -0.15) is 9.97 Å². The molecule has 6 rings (SSSR count). The summed E-state index contributed by atoms with van der Waals surface area (Å²) >= 11 is 0. The predicted octanol–water partition coefficient (Wildman–Crippen LogP) is 2.30. The number of ether oxygens (including phenoxy) is 1. The zero-order valence-electron chi connectivity index (χ0n) is 21.4. The number of likely N-dealkylation sites (tertiary alicyclic amines) is 1. The largest absolute Gasteiger partial charge is 0.392 e. The van der Waals surface area contributed by atoms with E-state index in [0.29, 0.717) is 25.1 Å². The van der Waals surface area contributed by atoms with Crippen molar-refractivity contribution in [1.82, 2.24) is 34.0 Å². The number of aliphatic hydroxyl groups excluding tert-OH is 1. The first-order valence-electron chi connectivity index (χ1n) is 12.8. The van der Waals surface area contributed by atoms with Crippen molar-refractivity contribution >= 4 is 28.0 Å². The maximum atomic E-state index is 10.4. The third-order valence-corrected chi connectivity index (χ3v) is 7.54. The maximum absolute atomic E-state index is 10.4. The van der Waals surface area contributed by atoms with Gasteiger partial charge >= 0.3 is 0 Å². The number of morpholine rings is 1. The molecule has 1 aromatic carbocycles. The molecule has 2 aliphatic heterocycles. The Hall–Kier alpha value is -3.08. The Balaban J connectivity index is 1.41. The first-order valence-corrected chi connectivity index (χ1v) is 12.8. The summed E-state index contributed by atoms with van der Waals surface area (Å²) in [5, 5.41) is 10.4. The Morgan fingerprint density at radius 1 is 1.06 bits per heavy atom. The van der Waals surface area contributed by atoms with E-state index in [-0.39, 0.29) is 12.0 Å². The summed E-state index contributed by atoms with van der Waals surface area (Å²) in [6.07, 6.45) is -0.253. The number of anilines is 1. The number of aryl methyl sites for hydroxylation is 2. The van der Waals surface area contributed by atoms with Crippen LogP contribution in [0.3, 0.4) is 0 Å². The number of hydrogen-bond acceptors (Lipinski definition) is 8. The van der Waals surface area contributed by atoms with Gasteiger partial charge in [-0.1, -0.05) is 26.0 Å². The van der Waals surface area contributed by atoms with Gasteiger partial charge in [0.25, 0.3) is 0 Å². The highest BCUT2D eigenvalue weighted by atomic mass is 16.5. The second-order valence-corrected chi connectivity index (χ2v) is 10.4. The third kappa shape index (κ3) is 3.93. The van der Waals surface area contributed by atoms with Crippen molar-refractivity contribution in [2.75, 3.05) is 44.3 Å². The van der Waals surface area contributed by atoms with Crippen LogP contribution in [0.2, 0.25) is 0 Å². The van der Waals surface area contributed by atoms with E-state index in [4.69, 9.17) is 24.7 Å². The molecule has 0 amide bonds. The van der Waals surface area contributed by atoms with Gasteiger partial charge in [0.2, 0.25) is 5.95 Å². The van der Waals surface area contributed by atoms with E-state index in [1.165, 1.54) is 0 Å². The molecule has 3 aromatic heterocycles. The van der Waals surface area contributed by atoms with Crippen LogP contribution < -0.4 is 4.90 Å². The number of aliphatic hydroxyl groups is 1. The lowest BCUT2D eigenvalue weighted by molar-refractivity contribution is -0.0311. The smallest absolute Gasteiger partial charge is 0.239 e. The van der Waals surface area contributed by atoms with Gasteiger partial charge in [0, 0.05) is 39.1 Å². The fourth-order valence-electron chi connectivity index (χ4n) is 5.42. The van der Waals surface area contributed by atoms with Crippen molar-refractivity contribution in [2.45, 2.75) is 33.4 Å². The van der Waals surface area contributed by atoms with E-state index in [1.54, 1.807) is 0 Å². The van der Waals surface area contributed by atoms with Crippen LogP contribution in [0.4, 0.5) is 5.82 Å². The summed E-state index contributed by atoms with van der Waals surface area (Å²) in [4.78, 5) is 24.4. The van der Waals surface area contributed by atoms with Crippen LogP contribution in [0.25, 0.3) is 28.1 Å². The normalized spacial score (nSPS) is 18.4. The van der Waals surface area contributed by atoms with Crippen molar-refractivity contribution in [1.29, 1.82) is 0 Å². The lowest BCUT2D eigenvalue weighted by atomic mass is 9.87. The van der Waals surface area contributed by atoms with E-state index < -0.39 is 0 Å². The van der Waals surface area contributed by atoms with Crippen LogP contribution in [0, 0.1) is 18.8 Å². The van der Waals surface area contributed by atoms with E-state index in [9.17, 15) is 5.11 Å². The highest BCUT2D eigenvalue weighted by molar-refractivity contribution is 5.86. The molecule has 1 N–H and O–H groups in total. The van der Waals surface area contributed by atoms with E-state index in [1.807, 2.05) is 36.7 Å². The summed E-state index contributed by atoms with van der Waals surface area (Å²) in [5.74, 6) is 3.85. The van der Waals surface area contributed by atoms with Crippen molar-refractivity contribution in [2.24, 2.45) is 18.9 Å². The van der Waals surface area contributed by atoms with Gasteiger partial charge in [0.05, 0.1) is 36.9 Å². The number of para-hydroxylation sites is 2. The highest BCUT2D eigenvalue weighted by Gasteiger charge is 2.35. The minimum Gasteiger partial charge on any atom is -0.392 e. The molecular weight excluding hydrogens is 456 g/mol. The zero-order chi connectivity index (χ0) is 25.0. The second kappa shape index (κ2) is 9.10. The summed E-state index contributed by atoms with van der Waals surface area (Å²) in [7, 11) is 2.03. The number of nitrogens with zero attached hydrogens (tertiary/aromatic N) is 8. The first-order chi connectivity index (χ1) is 17.4. The second-order valence-electron chi connectivity index (χ2n) is 10.4. The molecule has 2 aliphatic rings. The molecule has 5 heterocycles. The van der Waals surface area contributed by atoms with Crippen molar-refractivity contribution in [3.8, 4) is 5.95 Å². The van der Waals surface area contributed by atoms with Gasteiger partial charge in [-0.3, -0.25) is 9.47 Å². The Bertz CT molecular complexity index is 1400. The summed E-state index contributed by atoms with van der Waals surface area (Å²) < 4.78 is 9.72.